The fourth-order valence-corrected chi connectivity index (χ4v) is 1.79. The summed E-state index contributed by atoms with van der Waals surface area (Å²) in [5.74, 6) is 0.630. The molecule has 0 spiro atoms. The lowest BCUT2D eigenvalue weighted by atomic mass is 10.0. The summed E-state index contributed by atoms with van der Waals surface area (Å²) in [5.41, 5.74) is 1.07. The van der Waals surface area contributed by atoms with Crippen LogP contribution >= 0.6 is 0 Å². The van der Waals surface area contributed by atoms with E-state index in [0.717, 1.165) is 17.8 Å². The minimum absolute atomic E-state index is 0.158. The van der Waals surface area contributed by atoms with Gasteiger partial charge in [0, 0.05) is 19.3 Å². The molecule has 0 aliphatic heterocycles. The summed E-state index contributed by atoms with van der Waals surface area (Å²) in [6.07, 6.45) is 2.81. The highest BCUT2D eigenvalue weighted by Gasteiger charge is 2.10. The van der Waals surface area contributed by atoms with Crippen molar-refractivity contribution < 1.29 is 4.39 Å². The second-order valence-corrected chi connectivity index (χ2v) is 4.03. The fourth-order valence-electron chi connectivity index (χ4n) is 1.79. The van der Waals surface area contributed by atoms with Crippen LogP contribution in [-0.2, 0) is 7.05 Å². The standard InChI is InChI=1S/C13H16FN3/c1-3-12(10-4-6-11(14)7-5-10)15-13-8-9-17(2)16-13/h4-9,12H,3H2,1-2H3,(H,15,16)/t12-/m1/s1. The maximum absolute atomic E-state index is 12.8. The van der Waals surface area contributed by atoms with Gasteiger partial charge in [-0.15, -0.1) is 0 Å². The zero-order valence-electron chi connectivity index (χ0n) is 10.0. The molecular weight excluding hydrogens is 217 g/mol. The van der Waals surface area contributed by atoms with E-state index in [-0.39, 0.29) is 11.9 Å². The molecule has 0 saturated carbocycles. The van der Waals surface area contributed by atoms with Gasteiger partial charge in [0.25, 0.3) is 0 Å². The summed E-state index contributed by atoms with van der Waals surface area (Å²) < 4.78 is 14.6. The van der Waals surface area contributed by atoms with Gasteiger partial charge in [0.15, 0.2) is 0 Å². The first-order chi connectivity index (χ1) is 8.19. The van der Waals surface area contributed by atoms with Crippen LogP contribution in [0.2, 0.25) is 0 Å². The molecule has 0 aliphatic carbocycles. The van der Waals surface area contributed by atoms with Crippen LogP contribution < -0.4 is 5.32 Å². The van der Waals surface area contributed by atoms with E-state index in [9.17, 15) is 4.39 Å². The highest BCUT2D eigenvalue weighted by Crippen LogP contribution is 2.21. The molecule has 1 aromatic carbocycles. The maximum atomic E-state index is 12.8. The van der Waals surface area contributed by atoms with Crippen molar-refractivity contribution in [2.75, 3.05) is 5.32 Å². The van der Waals surface area contributed by atoms with Crippen molar-refractivity contribution in [3.8, 4) is 0 Å². The van der Waals surface area contributed by atoms with Crippen molar-refractivity contribution >= 4 is 5.82 Å². The molecular formula is C13H16FN3. The molecule has 90 valence electrons. The summed E-state index contributed by atoms with van der Waals surface area (Å²) >= 11 is 0. The second kappa shape index (κ2) is 4.99. The average molecular weight is 233 g/mol. The van der Waals surface area contributed by atoms with Crippen molar-refractivity contribution in [3.05, 3.63) is 47.9 Å². The Hall–Kier alpha value is -1.84. The molecule has 1 atom stereocenters. The van der Waals surface area contributed by atoms with Gasteiger partial charge in [-0.25, -0.2) is 4.39 Å². The topological polar surface area (TPSA) is 29.9 Å². The van der Waals surface area contributed by atoms with Crippen LogP contribution in [0.1, 0.15) is 24.9 Å². The predicted molar refractivity (Wildman–Crippen MR) is 66.3 cm³/mol. The predicted octanol–water partition coefficient (Wildman–Crippen LogP) is 3.12. The number of nitrogens with one attached hydrogen (secondary N) is 1. The lowest BCUT2D eigenvalue weighted by molar-refractivity contribution is 0.625. The van der Waals surface area contributed by atoms with Gasteiger partial charge in [0.05, 0.1) is 6.04 Å². The van der Waals surface area contributed by atoms with Crippen molar-refractivity contribution in [1.29, 1.82) is 0 Å². The minimum atomic E-state index is -0.207. The molecule has 2 aromatic rings. The van der Waals surface area contributed by atoms with E-state index >= 15 is 0 Å². The molecule has 2 rings (SSSR count). The van der Waals surface area contributed by atoms with E-state index in [1.165, 1.54) is 12.1 Å². The van der Waals surface area contributed by atoms with E-state index < -0.39 is 0 Å². The Labute approximate surface area is 100 Å². The first-order valence-corrected chi connectivity index (χ1v) is 5.70. The van der Waals surface area contributed by atoms with Gasteiger partial charge in [-0.3, -0.25) is 4.68 Å². The van der Waals surface area contributed by atoms with Gasteiger partial charge < -0.3 is 5.32 Å². The lowest BCUT2D eigenvalue weighted by Gasteiger charge is -2.16. The van der Waals surface area contributed by atoms with E-state index in [0.29, 0.717) is 0 Å². The number of hydrogen-bond donors (Lipinski definition) is 1. The third-order valence-corrected chi connectivity index (χ3v) is 2.72. The number of halogens is 1. The number of aryl methyl sites for hydroxylation is 1. The van der Waals surface area contributed by atoms with Gasteiger partial charge in [-0.05, 0) is 24.1 Å². The van der Waals surface area contributed by atoms with Gasteiger partial charge in [-0.1, -0.05) is 19.1 Å². The largest absolute Gasteiger partial charge is 0.362 e. The molecule has 0 unspecified atom stereocenters. The molecule has 0 amide bonds. The van der Waals surface area contributed by atoms with Gasteiger partial charge in [0.2, 0.25) is 0 Å². The van der Waals surface area contributed by atoms with E-state index in [1.807, 2.05) is 19.3 Å². The number of nitrogens with zero attached hydrogens (tertiary/aromatic N) is 2. The summed E-state index contributed by atoms with van der Waals surface area (Å²) in [4.78, 5) is 0. The van der Waals surface area contributed by atoms with Crippen LogP contribution in [-0.4, -0.2) is 9.78 Å². The van der Waals surface area contributed by atoms with Crippen LogP contribution in [0.5, 0.6) is 0 Å². The minimum Gasteiger partial charge on any atom is -0.362 e. The van der Waals surface area contributed by atoms with E-state index in [4.69, 9.17) is 0 Å². The molecule has 0 bridgehead atoms. The third-order valence-electron chi connectivity index (χ3n) is 2.72. The van der Waals surface area contributed by atoms with Gasteiger partial charge >= 0.3 is 0 Å². The fraction of sp³-hybridized carbons (Fsp3) is 0.308. The molecule has 0 saturated heterocycles. The summed E-state index contributed by atoms with van der Waals surface area (Å²) in [5, 5.41) is 7.60. The van der Waals surface area contributed by atoms with Crippen LogP contribution in [0.3, 0.4) is 0 Å². The third kappa shape index (κ3) is 2.84. The molecule has 1 aromatic heterocycles. The summed E-state index contributed by atoms with van der Waals surface area (Å²) in [6.45, 7) is 2.09. The number of rotatable bonds is 4. The number of aromatic nitrogens is 2. The van der Waals surface area contributed by atoms with Crippen molar-refractivity contribution in [1.82, 2.24) is 9.78 Å². The molecule has 0 fully saturated rings. The lowest BCUT2D eigenvalue weighted by Crippen LogP contribution is -2.10. The van der Waals surface area contributed by atoms with Crippen molar-refractivity contribution in [2.45, 2.75) is 19.4 Å². The smallest absolute Gasteiger partial charge is 0.148 e. The Balaban J connectivity index is 2.13. The quantitative estimate of drug-likeness (QED) is 0.879. The average Bonchev–Trinajstić information content (AvgIpc) is 2.73. The number of hydrogen-bond acceptors (Lipinski definition) is 2. The Morgan fingerprint density at radius 2 is 2.00 bits per heavy atom. The van der Waals surface area contributed by atoms with Crippen LogP contribution in [0.15, 0.2) is 36.5 Å². The Bertz CT molecular complexity index is 476. The Kier molecular flexibility index (Phi) is 3.42. The molecule has 1 N–H and O–H groups in total. The van der Waals surface area contributed by atoms with Gasteiger partial charge in [-0.2, -0.15) is 5.10 Å². The van der Waals surface area contributed by atoms with Crippen molar-refractivity contribution in [3.63, 3.8) is 0 Å². The highest BCUT2D eigenvalue weighted by atomic mass is 19.1. The highest BCUT2D eigenvalue weighted by molar-refractivity contribution is 5.37. The Morgan fingerprint density at radius 3 is 2.53 bits per heavy atom. The van der Waals surface area contributed by atoms with Crippen LogP contribution in [0, 0.1) is 5.82 Å². The maximum Gasteiger partial charge on any atom is 0.148 e. The van der Waals surface area contributed by atoms with Crippen molar-refractivity contribution in [2.24, 2.45) is 7.05 Å². The molecule has 0 radical (unpaired) electrons. The van der Waals surface area contributed by atoms with Crippen LogP contribution in [0.25, 0.3) is 0 Å². The molecule has 1 heterocycles. The number of anilines is 1. The molecule has 3 nitrogen and oxygen atoms in total. The number of benzene rings is 1. The zero-order chi connectivity index (χ0) is 12.3. The van der Waals surface area contributed by atoms with E-state index in [1.54, 1.807) is 16.8 Å². The first kappa shape index (κ1) is 11.6. The van der Waals surface area contributed by atoms with Gasteiger partial charge in [0.1, 0.15) is 11.6 Å². The second-order valence-electron chi connectivity index (χ2n) is 4.03. The molecule has 0 aliphatic rings. The molecule has 17 heavy (non-hydrogen) atoms. The Morgan fingerprint density at radius 1 is 1.29 bits per heavy atom. The zero-order valence-corrected chi connectivity index (χ0v) is 10.0. The SMILES string of the molecule is CC[C@@H](Nc1ccn(C)n1)c1ccc(F)cc1. The summed E-state index contributed by atoms with van der Waals surface area (Å²) in [7, 11) is 1.88. The monoisotopic (exact) mass is 233 g/mol. The van der Waals surface area contributed by atoms with Crippen LogP contribution in [0.4, 0.5) is 10.2 Å². The first-order valence-electron chi connectivity index (χ1n) is 5.70. The summed E-state index contributed by atoms with van der Waals surface area (Å²) in [6, 6.07) is 8.66. The normalized spacial score (nSPS) is 12.4. The molecule has 4 heteroatoms. The van der Waals surface area contributed by atoms with E-state index in [2.05, 4.69) is 17.3 Å².